The van der Waals surface area contributed by atoms with E-state index in [1.54, 1.807) is 30.3 Å². The number of pyridine rings is 1. The third-order valence-corrected chi connectivity index (χ3v) is 5.73. The van der Waals surface area contributed by atoms with Crippen molar-refractivity contribution in [2.45, 2.75) is 26.6 Å². The maximum atomic E-state index is 13.5. The van der Waals surface area contributed by atoms with Gasteiger partial charge in [0.25, 0.3) is 0 Å². The van der Waals surface area contributed by atoms with Crippen LogP contribution >= 0.6 is 0 Å². The molecule has 0 aliphatic heterocycles. The molecule has 0 aliphatic carbocycles. The minimum Gasteiger partial charge on any atom is -0.496 e. The molecule has 5 rings (SSSR count). The van der Waals surface area contributed by atoms with Gasteiger partial charge in [0.15, 0.2) is 0 Å². The van der Waals surface area contributed by atoms with Gasteiger partial charge in [-0.2, -0.15) is 18.3 Å². The predicted molar refractivity (Wildman–Crippen MR) is 117 cm³/mol. The fourth-order valence-corrected chi connectivity index (χ4v) is 4.24. The van der Waals surface area contributed by atoms with Crippen molar-refractivity contribution in [3.8, 4) is 16.9 Å². The quantitative estimate of drug-likeness (QED) is 0.338. The summed E-state index contributed by atoms with van der Waals surface area (Å²) in [7, 11) is 1.56. The van der Waals surface area contributed by atoms with Crippen molar-refractivity contribution in [2.75, 3.05) is 7.11 Å². The maximum absolute atomic E-state index is 13.5. The predicted octanol–water partition coefficient (Wildman–Crippen LogP) is 5.93. The first kappa shape index (κ1) is 21.0. The number of methoxy groups -OCH3 is 1. The first-order chi connectivity index (χ1) is 15.8. The summed E-state index contributed by atoms with van der Waals surface area (Å²) in [6, 6.07) is 9.24. The highest BCUT2D eigenvalue weighted by Crippen LogP contribution is 2.39. The summed E-state index contributed by atoms with van der Waals surface area (Å²) < 4.78 is 53.1. The van der Waals surface area contributed by atoms with Crippen molar-refractivity contribution in [3.63, 3.8) is 0 Å². The van der Waals surface area contributed by atoms with Crippen LogP contribution in [0, 0.1) is 13.8 Å². The van der Waals surface area contributed by atoms with Crippen LogP contribution in [0.4, 0.5) is 13.2 Å². The standard InChI is InChI=1S/C24H19F3N4O2/c1-13-22(14(2)33-30-13)18-8-20-17(9-21(18)32-3)23-16(10-28-20)11-29-31(23)12-15-6-4-5-7-19(15)24(25,26)27/h4-11H,12H2,1-3H3. The zero-order valence-electron chi connectivity index (χ0n) is 18.1. The van der Waals surface area contributed by atoms with Crippen LogP contribution < -0.4 is 4.74 Å². The second-order valence-corrected chi connectivity index (χ2v) is 7.79. The van der Waals surface area contributed by atoms with Crippen molar-refractivity contribution in [2.24, 2.45) is 0 Å². The number of aromatic nitrogens is 4. The van der Waals surface area contributed by atoms with Gasteiger partial charge in [0.05, 0.1) is 47.7 Å². The second-order valence-electron chi connectivity index (χ2n) is 7.79. The lowest BCUT2D eigenvalue weighted by Gasteiger charge is -2.14. The van der Waals surface area contributed by atoms with E-state index in [0.29, 0.717) is 22.5 Å². The lowest BCUT2D eigenvalue weighted by atomic mass is 10.00. The minimum absolute atomic E-state index is 0.0355. The Balaban J connectivity index is 1.71. The average molecular weight is 452 g/mol. The number of hydrogen-bond donors (Lipinski definition) is 0. The fourth-order valence-electron chi connectivity index (χ4n) is 4.24. The van der Waals surface area contributed by atoms with Gasteiger partial charge in [-0.15, -0.1) is 0 Å². The highest BCUT2D eigenvalue weighted by atomic mass is 19.4. The number of aryl methyl sites for hydroxylation is 2. The molecule has 0 radical (unpaired) electrons. The molecule has 0 bridgehead atoms. The Morgan fingerprint density at radius 2 is 1.88 bits per heavy atom. The maximum Gasteiger partial charge on any atom is 0.416 e. The van der Waals surface area contributed by atoms with Crippen LogP contribution in [-0.2, 0) is 12.7 Å². The van der Waals surface area contributed by atoms with Crippen LogP contribution in [0.15, 0.2) is 53.3 Å². The molecule has 5 aromatic rings. The van der Waals surface area contributed by atoms with Crippen LogP contribution in [0.3, 0.4) is 0 Å². The number of alkyl halides is 3. The number of ether oxygens (including phenoxy) is 1. The molecular weight excluding hydrogens is 433 g/mol. The van der Waals surface area contributed by atoms with Gasteiger partial charge in [0.1, 0.15) is 11.5 Å². The summed E-state index contributed by atoms with van der Waals surface area (Å²) >= 11 is 0. The molecule has 0 aliphatic rings. The molecule has 33 heavy (non-hydrogen) atoms. The number of rotatable bonds is 4. The second kappa shape index (κ2) is 7.61. The molecule has 2 aromatic carbocycles. The largest absolute Gasteiger partial charge is 0.496 e. The van der Waals surface area contributed by atoms with Gasteiger partial charge in [-0.1, -0.05) is 23.4 Å². The molecule has 3 aromatic heterocycles. The number of halogens is 3. The third-order valence-electron chi connectivity index (χ3n) is 5.73. The number of benzene rings is 2. The summed E-state index contributed by atoms with van der Waals surface area (Å²) in [5.41, 5.74) is 3.12. The van der Waals surface area contributed by atoms with E-state index >= 15 is 0 Å². The van der Waals surface area contributed by atoms with E-state index in [1.807, 2.05) is 26.0 Å². The zero-order valence-corrected chi connectivity index (χ0v) is 18.1. The van der Waals surface area contributed by atoms with Crippen LogP contribution in [0.25, 0.3) is 32.9 Å². The molecular formula is C24H19F3N4O2. The highest BCUT2D eigenvalue weighted by molar-refractivity contribution is 6.05. The summed E-state index contributed by atoms with van der Waals surface area (Å²) in [6.07, 6.45) is -1.18. The molecule has 0 unspecified atom stereocenters. The van der Waals surface area contributed by atoms with Crippen molar-refractivity contribution in [1.82, 2.24) is 19.9 Å². The Morgan fingerprint density at radius 1 is 1.09 bits per heavy atom. The SMILES string of the molecule is COc1cc2c(cc1-c1c(C)noc1C)ncc1cnn(Cc3ccccc3C(F)(F)F)c12. The number of fused-ring (bicyclic) bond motifs is 3. The fraction of sp³-hybridized carbons (Fsp3) is 0.208. The highest BCUT2D eigenvalue weighted by Gasteiger charge is 2.33. The van der Waals surface area contributed by atoms with Gasteiger partial charge in [0.2, 0.25) is 0 Å². The van der Waals surface area contributed by atoms with E-state index in [-0.39, 0.29) is 12.1 Å². The summed E-state index contributed by atoms with van der Waals surface area (Å²) in [4.78, 5) is 4.55. The lowest BCUT2D eigenvalue weighted by molar-refractivity contribution is -0.138. The normalized spacial score (nSPS) is 12.1. The van der Waals surface area contributed by atoms with E-state index in [1.165, 1.54) is 12.1 Å². The lowest BCUT2D eigenvalue weighted by Crippen LogP contribution is -2.12. The minimum atomic E-state index is -4.45. The Labute approximate surface area is 186 Å². The van der Waals surface area contributed by atoms with E-state index < -0.39 is 11.7 Å². The van der Waals surface area contributed by atoms with Crippen LogP contribution in [0.2, 0.25) is 0 Å². The van der Waals surface area contributed by atoms with Crippen LogP contribution in [-0.4, -0.2) is 27.0 Å². The first-order valence-corrected chi connectivity index (χ1v) is 10.2. The van der Waals surface area contributed by atoms with Gasteiger partial charge >= 0.3 is 6.18 Å². The molecule has 0 fully saturated rings. The molecule has 0 N–H and O–H groups in total. The van der Waals surface area contributed by atoms with Gasteiger partial charge in [-0.25, -0.2) is 0 Å². The summed E-state index contributed by atoms with van der Waals surface area (Å²) in [5.74, 6) is 1.23. The first-order valence-electron chi connectivity index (χ1n) is 10.2. The van der Waals surface area contributed by atoms with Crippen LogP contribution in [0.1, 0.15) is 22.6 Å². The molecule has 0 amide bonds. The van der Waals surface area contributed by atoms with Crippen molar-refractivity contribution in [1.29, 1.82) is 0 Å². The Hall–Kier alpha value is -3.88. The molecule has 6 nitrogen and oxygen atoms in total. The number of nitrogens with zero attached hydrogens (tertiary/aromatic N) is 4. The smallest absolute Gasteiger partial charge is 0.416 e. The molecule has 0 spiro atoms. The monoisotopic (exact) mass is 452 g/mol. The average Bonchev–Trinajstić information content (AvgIpc) is 3.35. The Bertz CT molecular complexity index is 1480. The van der Waals surface area contributed by atoms with E-state index in [2.05, 4.69) is 15.2 Å². The van der Waals surface area contributed by atoms with Crippen LogP contribution in [0.5, 0.6) is 5.75 Å². The van der Waals surface area contributed by atoms with E-state index in [4.69, 9.17) is 9.26 Å². The molecule has 3 heterocycles. The molecule has 0 saturated heterocycles. The molecule has 168 valence electrons. The molecule has 9 heteroatoms. The molecule has 0 atom stereocenters. The van der Waals surface area contributed by atoms with E-state index in [9.17, 15) is 13.2 Å². The number of hydrogen-bond acceptors (Lipinski definition) is 5. The van der Waals surface area contributed by atoms with Crippen molar-refractivity contribution < 1.29 is 22.4 Å². The Kier molecular flexibility index (Phi) is 4.84. The van der Waals surface area contributed by atoms with Gasteiger partial charge in [0, 0.05) is 22.5 Å². The van der Waals surface area contributed by atoms with Gasteiger partial charge < -0.3 is 9.26 Å². The van der Waals surface area contributed by atoms with Crippen molar-refractivity contribution >= 4 is 21.8 Å². The zero-order chi connectivity index (χ0) is 23.3. The van der Waals surface area contributed by atoms with Crippen molar-refractivity contribution in [3.05, 3.63) is 71.4 Å². The van der Waals surface area contributed by atoms with E-state index in [0.717, 1.165) is 33.7 Å². The third kappa shape index (κ3) is 3.49. The molecule has 0 saturated carbocycles. The Morgan fingerprint density at radius 3 is 2.58 bits per heavy atom. The summed E-state index contributed by atoms with van der Waals surface area (Å²) in [6.45, 7) is 3.63. The van der Waals surface area contributed by atoms with Gasteiger partial charge in [-0.3, -0.25) is 9.67 Å². The summed E-state index contributed by atoms with van der Waals surface area (Å²) in [5, 5.41) is 9.83. The topological polar surface area (TPSA) is 66.0 Å². The van der Waals surface area contributed by atoms with Gasteiger partial charge in [-0.05, 0) is 37.6 Å².